The van der Waals surface area contributed by atoms with Crippen molar-refractivity contribution in [2.75, 3.05) is 31.6 Å². The van der Waals surface area contributed by atoms with Crippen LogP contribution >= 0.6 is 0 Å². The largest absolute Gasteiger partial charge is 0.497 e. The van der Waals surface area contributed by atoms with Crippen molar-refractivity contribution in [1.82, 2.24) is 10.2 Å². The average molecular weight is 568 g/mol. The molecular weight excluding hydrogens is 530 g/mol. The maximum atomic E-state index is 14.1. The van der Waals surface area contributed by atoms with Crippen LogP contribution < -0.4 is 19.1 Å². The monoisotopic (exact) mass is 567 g/mol. The first kappa shape index (κ1) is 30.5. The van der Waals surface area contributed by atoms with Crippen molar-refractivity contribution < 1.29 is 27.5 Å². The lowest BCUT2D eigenvalue weighted by molar-refractivity contribution is -0.140. The number of methoxy groups -OCH3 is 2. The van der Waals surface area contributed by atoms with Gasteiger partial charge in [-0.05, 0) is 50.1 Å². The first-order valence-corrected chi connectivity index (χ1v) is 14.5. The molecule has 1 N–H and O–H groups in total. The van der Waals surface area contributed by atoms with E-state index in [9.17, 15) is 18.0 Å². The quantitative estimate of drug-likeness (QED) is 0.333. The third kappa shape index (κ3) is 7.12. The number of nitrogens with one attached hydrogen (secondary N) is 1. The molecule has 3 aromatic rings. The Labute approximate surface area is 236 Å². The number of anilines is 1. The van der Waals surface area contributed by atoms with Gasteiger partial charge in [-0.1, -0.05) is 55.0 Å². The second kappa shape index (κ2) is 13.8. The van der Waals surface area contributed by atoms with Gasteiger partial charge in [0.25, 0.3) is 10.0 Å². The zero-order chi connectivity index (χ0) is 29.3. The lowest BCUT2D eigenvalue weighted by Gasteiger charge is -2.33. The van der Waals surface area contributed by atoms with Crippen molar-refractivity contribution in [3.05, 3.63) is 83.9 Å². The summed E-state index contributed by atoms with van der Waals surface area (Å²) in [4.78, 5) is 28.6. The number of hydrogen-bond acceptors (Lipinski definition) is 6. The summed E-state index contributed by atoms with van der Waals surface area (Å²) in [5, 5.41) is 2.80. The van der Waals surface area contributed by atoms with Crippen molar-refractivity contribution in [2.45, 2.75) is 44.7 Å². The molecule has 0 spiro atoms. The van der Waals surface area contributed by atoms with Gasteiger partial charge in [-0.3, -0.25) is 13.9 Å². The van der Waals surface area contributed by atoms with Crippen molar-refractivity contribution in [3.8, 4) is 11.5 Å². The number of carbonyl (C=O) groups is 2. The van der Waals surface area contributed by atoms with E-state index in [1.807, 2.05) is 44.2 Å². The molecule has 9 nitrogen and oxygen atoms in total. The summed E-state index contributed by atoms with van der Waals surface area (Å²) in [5.74, 6) is -0.208. The van der Waals surface area contributed by atoms with Crippen molar-refractivity contribution >= 4 is 27.5 Å². The van der Waals surface area contributed by atoms with E-state index in [2.05, 4.69) is 5.32 Å². The van der Waals surface area contributed by atoms with Crippen molar-refractivity contribution in [3.63, 3.8) is 0 Å². The van der Waals surface area contributed by atoms with Gasteiger partial charge in [0.15, 0.2) is 0 Å². The third-order valence-electron chi connectivity index (χ3n) is 6.48. The second-order valence-electron chi connectivity index (χ2n) is 9.19. The summed E-state index contributed by atoms with van der Waals surface area (Å²) in [6.45, 7) is 5.44. The molecule has 3 rings (SSSR count). The van der Waals surface area contributed by atoms with Crippen LogP contribution in [0.5, 0.6) is 11.5 Å². The van der Waals surface area contributed by atoms with E-state index in [0.29, 0.717) is 18.7 Å². The van der Waals surface area contributed by atoms with Crippen LogP contribution in [0.15, 0.2) is 77.7 Å². The van der Waals surface area contributed by atoms with E-state index in [1.54, 1.807) is 31.2 Å². The van der Waals surface area contributed by atoms with Gasteiger partial charge in [-0.15, -0.1) is 0 Å². The molecule has 0 bridgehead atoms. The topological polar surface area (TPSA) is 105 Å². The number of amides is 2. The fourth-order valence-corrected chi connectivity index (χ4v) is 5.75. The minimum Gasteiger partial charge on any atom is -0.497 e. The van der Waals surface area contributed by atoms with Crippen LogP contribution in [0.4, 0.5) is 5.69 Å². The normalized spacial score (nSPS) is 11.8. The van der Waals surface area contributed by atoms with Crippen LogP contribution in [0.2, 0.25) is 0 Å². The number of rotatable bonds is 13. The zero-order valence-corrected chi connectivity index (χ0v) is 24.4. The molecule has 0 aromatic heterocycles. The Hall–Kier alpha value is -4.05. The predicted octanol–water partition coefficient (Wildman–Crippen LogP) is 4.15. The lowest BCUT2D eigenvalue weighted by Crippen LogP contribution is -2.52. The molecule has 0 saturated heterocycles. The highest BCUT2D eigenvalue weighted by Gasteiger charge is 2.34. The molecule has 1 unspecified atom stereocenters. The molecule has 0 heterocycles. The number of carbonyl (C=O) groups excluding carboxylic acids is 2. The molecule has 1 atom stereocenters. The molecular formula is C30H37N3O6S. The Balaban J connectivity index is 2.14. The Bertz CT molecular complexity index is 1390. The van der Waals surface area contributed by atoms with Gasteiger partial charge in [-0.25, -0.2) is 8.42 Å². The highest BCUT2D eigenvalue weighted by molar-refractivity contribution is 7.92. The molecule has 0 saturated carbocycles. The first-order chi connectivity index (χ1) is 19.2. The minimum atomic E-state index is -4.24. The Kier molecular flexibility index (Phi) is 10.6. The molecule has 0 radical (unpaired) electrons. The maximum Gasteiger partial charge on any atom is 0.264 e. The van der Waals surface area contributed by atoms with Crippen LogP contribution in [0, 0.1) is 6.92 Å². The summed E-state index contributed by atoms with van der Waals surface area (Å²) < 4.78 is 40.0. The molecule has 214 valence electrons. The van der Waals surface area contributed by atoms with Gasteiger partial charge in [0.05, 0.1) is 24.8 Å². The van der Waals surface area contributed by atoms with Crippen molar-refractivity contribution in [2.24, 2.45) is 0 Å². The van der Waals surface area contributed by atoms with Gasteiger partial charge < -0.3 is 19.7 Å². The van der Waals surface area contributed by atoms with E-state index in [0.717, 1.165) is 15.4 Å². The third-order valence-corrected chi connectivity index (χ3v) is 8.25. The van der Waals surface area contributed by atoms with E-state index in [1.165, 1.54) is 37.3 Å². The summed E-state index contributed by atoms with van der Waals surface area (Å²) >= 11 is 0. The summed E-state index contributed by atoms with van der Waals surface area (Å²) in [6, 6.07) is 19.6. The van der Waals surface area contributed by atoms with Gasteiger partial charge in [0, 0.05) is 19.2 Å². The van der Waals surface area contributed by atoms with Gasteiger partial charge in [0.2, 0.25) is 11.8 Å². The van der Waals surface area contributed by atoms with Crippen LogP contribution in [0.25, 0.3) is 0 Å². The maximum absolute atomic E-state index is 14.1. The fraction of sp³-hybridized carbons (Fsp3) is 0.333. The molecule has 0 aliphatic rings. The minimum absolute atomic E-state index is 0.0150. The SMILES string of the molecule is CCNC(=O)C(CC)N(Cc1ccccc1)C(=O)CN(c1cc(OC)ccc1OC)S(=O)(=O)c1ccc(C)cc1. The van der Waals surface area contributed by atoms with Gasteiger partial charge in [-0.2, -0.15) is 0 Å². The first-order valence-electron chi connectivity index (χ1n) is 13.1. The number of ether oxygens (including phenoxy) is 2. The fourth-order valence-electron chi connectivity index (χ4n) is 4.33. The molecule has 2 amide bonds. The van der Waals surface area contributed by atoms with Gasteiger partial charge in [0.1, 0.15) is 24.1 Å². The van der Waals surface area contributed by atoms with E-state index >= 15 is 0 Å². The standard InChI is InChI=1S/C30H37N3O6S/c1-6-26(30(35)31-7-2)32(20-23-11-9-8-10-12-23)29(34)21-33(27-19-24(38-4)15-18-28(27)39-5)40(36,37)25-16-13-22(3)14-17-25/h8-19,26H,6-7,20-21H2,1-5H3,(H,31,35). The number of likely N-dealkylation sites (N-methyl/N-ethyl adjacent to an activating group) is 1. The molecule has 3 aromatic carbocycles. The number of hydrogen-bond donors (Lipinski definition) is 1. The second-order valence-corrected chi connectivity index (χ2v) is 11.1. The summed E-state index contributed by atoms with van der Waals surface area (Å²) in [5.41, 5.74) is 1.84. The Morgan fingerprint density at radius 3 is 2.17 bits per heavy atom. The molecule has 0 aliphatic heterocycles. The highest BCUT2D eigenvalue weighted by atomic mass is 32.2. The number of benzene rings is 3. The van der Waals surface area contributed by atoms with Crippen LogP contribution in [-0.4, -0.2) is 58.5 Å². The van der Waals surface area contributed by atoms with E-state index in [4.69, 9.17) is 9.47 Å². The lowest BCUT2D eigenvalue weighted by atomic mass is 10.1. The molecule has 40 heavy (non-hydrogen) atoms. The van der Waals surface area contributed by atoms with E-state index in [-0.39, 0.29) is 28.8 Å². The average Bonchev–Trinajstić information content (AvgIpc) is 2.96. The summed E-state index contributed by atoms with van der Waals surface area (Å²) in [7, 11) is -1.35. The zero-order valence-electron chi connectivity index (χ0n) is 23.6. The Morgan fingerprint density at radius 1 is 0.925 bits per heavy atom. The van der Waals surface area contributed by atoms with Crippen LogP contribution in [0.3, 0.4) is 0 Å². The van der Waals surface area contributed by atoms with E-state index < -0.39 is 28.5 Å². The number of aryl methyl sites for hydroxylation is 1. The molecule has 0 fully saturated rings. The van der Waals surface area contributed by atoms with Crippen molar-refractivity contribution in [1.29, 1.82) is 0 Å². The summed E-state index contributed by atoms with van der Waals surface area (Å²) in [6.07, 6.45) is 0.345. The van der Waals surface area contributed by atoms with Crippen LogP contribution in [-0.2, 0) is 26.2 Å². The predicted molar refractivity (Wildman–Crippen MR) is 155 cm³/mol. The highest BCUT2D eigenvalue weighted by Crippen LogP contribution is 2.36. The number of nitrogens with zero attached hydrogens (tertiary/aromatic N) is 2. The Morgan fingerprint density at radius 2 is 1.60 bits per heavy atom. The van der Waals surface area contributed by atoms with Crippen LogP contribution in [0.1, 0.15) is 31.4 Å². The molecule has 10 heteroatoms. The smallest absolute Gasteiger partial charge is 0.264 e. The molecule has 0 aliphatic carbocycles. The van der Waals surface area contributed by atoms with Gasteiger partial charge >= 0.3 is 0 Å². The number of sulfonamides is 1.